The van der Waals surface area contributed by atoms with Gasteiger partial charge in [0.2, 0.25) is 21.7 Å². The van der Waals surface area contributed by atoms with Gasteiger partial charge in [-0.15, -0.1) is 0 Å². The van der Waals surface area contributed by atoms with Crippen LogP contribution in [0.15, 0.2) is 87.5 Å². The summed E-state index contributed by atoms with van der Waals surface area (Å²) in [6, 6.07) is 16.5. The summed E-state index contributed by atoms with van der Waals surface area (Å²) < 4.78 is 52.4. The fraction of sp³-hybridized carbons (Fsp3) is 0.222. The second-order valence-corrected chi connectivity index (χ2v) is 10.2. The van der Waals surface area contributed by atoms with Gasteiger partial charge in [0.05, 0.1) is 17.5 Å². The highest BCUT2D eigenvalue weighted by atomic mass is 32.2. The fourth-order valence-corrected chi connectivity index (χ4v) is 5.39. The predicted molar refractivity (Wildman–Crippen MR) is 137 cm³/mol. The van der Waals surface area contributed by atoms with Crippen molar-refractivity contribution in [1.29, 1.82) is 0 Å². The van der Waals surface area contributed by atoms with Crippen LogP contribution >= 0.6 is 0 Å². The van der Waals surface area contributed by atoms with Gasteiger partial charge in [0.15, 0.2) is 4.90 Å². The Kier molecular flexibility index (Phi) is 8.30. The number of aromatic nitrogens is 3. The Balaban J connectivity index is 1.85. The quantitative estimate of drug-likeness (QED) is 0.303. The lowest BCUT2D eigenvalue weighted by molar-refractivity contribution is 0.116. The minimum Gasteiger partial charge on any atom is -0.492 e. The molecule has 4 aromatic rings. The molecule has 0 aliphatic carbocycles. The zero-order chi connectivity index (χ0) is 27.3. The van der Waals surface area contributed by atoms with Crippen molar-refractivity contribution in [3.63, 3.8) is 0 Å². The van der Waals surface area contributed by atoms with Gasteiger partial charge in [-0.25, -0.2) is 13.4 Å². The first-order chi connectivity index (χ1) is 18.3. The van der Waals surface area contributed by atoms with Gasteiger partial charge in [-0.1, -0.05) is 42.5 Å². The summed E-state index contributed by atoms with van der Waals surface area (Å²) in [5, 5.41) is 10.7. The Morgan fingerprint density at radius 3 is 2.32 bits per heavy atom. The van der Waals surface area contributed by atoms with Gasteiger partial charge in [-0.05, 0) is 42.3 Å². The van der Waals surface area contributed by atoms with Crippen molar-refractivity contribution in [1.82, 2.24) is 14.5 Å². The highest BCUT2D eigenvalue weighted by Crippen LogP contribution is 2.29. The fourth-order valence-electron chi connectivity index (χ4n) is 4.04. The molecule has 38 heavy (non-hydrogen) atoms. The molecule has 4 rings (SSSR count). The molecule has 0 saturated heterocycles. The van der Waals surface area contributed by atoms with Crippen LogP contribution in [0.25, 0.3) is 11.1 Å². The molecule has 1 N–H and O–H groups in total. The standard InChI is InChI=1S/C27H26FN3O6S/c1-3-37-17-24-30-26(32)25(27(33)31(24)22(16-36-2)19-7-5-4-6-8-19)38(34,35)21-12-9-18(10-13-21)20-11-14-23(28)29-15-20/h4-15,22,32H,3,16-17H2,1-2H3/t22-/m0/s1. The first-order valence-corrected chi connectivity index (χ1v) is 13.2. The highest BCUT2D eigenvalue weighted by Gasteiger charge is 2.32. The van der Waals surface area contributed by atoms with Crippen LogP contribution in [0.5, 0.6) is 5.88 Å². The van der Waals surface area contributed by atoms with Gasteiger partial charge >= 0.3 is 0 Å². The van der Waals surface area contributed by atoms with Gasteiger partial charge in [0.25, 0.3) is 5.56 Å². The number of ether oxygens (including phenoxy) is 2. The molecule has 0 amide bonds. The van der Waals surface area contributed by atoms with Gasteiger partial charge in [0, 0.05) is 25.5 Å². The van der Waals surface area contributed by atoms with E-state index in [1.165, 1.54) is 54.3 Å². The molecule has 0 unspecified atom stereocenters. The first-order valence-electron chi connectivity index (χ1n) is 11.7. The number of pyridine rings is 1. The Morgan fingerprint density at radius 1 is 1.03 bits per heavy atom. The van der Waals surface area contributed by atoms with Gasteiger partial charge < -0.3 is 14.6 Å². The molecular weight excluding hydrogens is 513 g/mol. The van der Waals surface area contributed by atoms with Gasteiger partial charge in [0.1, 0.15) is 12.4 Å². The van der Waals surface area contributed by atoms with Crippen molar-refractivity contribution < 1.29 is 27.4 Å². The Hall–Kier alpha value is -3.93. The zero-order valence-corrected chi connectivity index (χ0v) is 21.6. The molecule has 0 bridgehead atoms. The monoisotopic (exact) mass is 539 g/mol. The minimum absolute atomic E-state index is 0.0371. The number of benzene rings is 2. The molecule has 0 saturated carbocycles. The second kappa shape index (κ2) is 11.6. The summed E-state index contributed by atoms with van der Waals surface area (Å²) in [4.78, 5) is 20.4. The number of methoxy groups -OCH3 is 1. The lowest BCUT2D eigenvalue weighted by Crippen LogP contribution is -2.35. The van der Waals surface area contributed by atoms with Crippen LogP contribution in [0.2, 0.25) is 0 Å². The normalized spacial score (nSPS) is 12.4. The first kappa shape index (κ1) is 27.1. The number of halogens is 1. The van der Waals surface area contributed by atoms with E-state index in [1.807, 2.05) is 6.07 Å². The van der Waals surface area contributed by atoms with Crippen LogP contribution in [0.1, 0.15) is 24.4 Å². The van der Waals surface area contributed by atoms with Crippen molar-refractivity contribution in [2.24, 2.45) is 0 Å². The Morgan fingerprint density at radius 2 is 1.71 bits per heavy atom. The summed E-state index contributed by atoms with van der Waals surface area (Å²) in [5.74, 6) is -1.50. The Labute approximate surface area is 219 Å². The molecule has 2 aromatic carbocycles. The Bertz CT molecular complexity index is 1560. The maximum absolute atomic E-state index is 13.8. The number of sulfone groups is 1. The van der Waals surface area contributed by atoms with E-state index in [-0.39, 0.29) is 23.9 Å². The average Bonchev–Trinajstić information content (AvgIpc) is 2.92. The van der Waals surface area contributed by atoms with Crippen LogP contribution in [0.4, 0.5) is 4.39 Å². The van der Waals surface area contributed by atoms with E-state index in [9.17, 15) is 22.7 Å². The van der Waals surface area contributed by atoms with Crippen molar-refractivity contribution in [2.75, 3.05) is 20.3 Å². The van der Waals surface area contributed by atoms with Crippen LogP contribution in [-0.2, 0) is 25.9 Å². The van der Waals surface area contributed by atoms with Crippen LogP contribution in [0, 0.1) is 5.95 Å². The van der Waals surface area contributed by atoms with Crippen LogP contribution < -0.4 is 5.56 Å². The molecule has 2 aromatic heterocycles. The van der Waals surface area contributed by atoms with Crippen molar-refractivity contribution in [3.8, 4) is 17.0 Å². The maximum atomic E-state index is 13.8. The lowest BCUT2D eigenvalue weighted by atomic mass is 10.1. The summed E-state index contributed by atoms with van der Waals surface area (Å²) in [6.45, 7) is 1.98. The number of hydrogen-bond donors (Lipinski definition) is 1. The topological polar surface area (TPSA) is 121 Å². The summed E-state index contributed by atoms with van der Waals surface area (Å²) in [6.07, 6.45) is 1.32. The van der Waals surface area contributed by atoms with Crippen molar-refractivity contribution >= 4 is 9.84 Å². The summed E-state index contributed by atoms with van der Waals surface area (Å²) in [5.41, 5.74) is 0.896. The van der Waals surface area contributed by atoms with E-state index in [0.717, 1.165) is 0 Å². The average molecular weight is 540 g/mol. The lowest BCUT2D eigenvalue weighted by Gasteiger charge is -2.23. The van der Waals surface area contributed by atoms with E-state index in [4.69, 9.17) is 9.47 Å². The molecule has 0 aliphatic rings. The zero-order valence-electron chi connectivity index (χ0n) is 20.7. The summed E-state index contributed by atoms with van der Waals surface area (Å²) >= 11 is 0. The molecule has 0 aliphatic heterocycles. The maximum Gasteiger partial charge on any atom is 0.277 e. The summed E-state index contributed by atoms with van der Waals surface area (Å²) in [7, 11) is -3.03. The minimum atomic E-state index is -4.50. The molecule has 198 valence electrons. The number of nitrogens with zero attached hydrogens (tertiary/aromatic N) is 3. The molecule has 1 atom stereocenters. The van der Waals surface area contributed by atoms with E-state index < -0.39 is 38.2 Å². The third-order valence-corrected chi connectivity index (χ3v) is 7.67. The molecule has 0 fully saturated rings. The largest absolute Gasteiger partial charge is 0.492 e. The van der Waals surface area contributed by atoms with E-state index in [1.54, 1.807) is 31.2 Å². The molecule has 9 nitrogen and oxygen atoms in total. The van der Waals surface area contributed by atoms with Gasteiger partial charge in [-0.3, -0.25) is 9.36 Å². The van der Waals surface area contributed by atoms with Crippen molar-refractivity contribution in [3.05, 3.63) is 101 Å². The third kappa shape index (κ3) is 5.49. The predicted octanol–water partition coefficient (Wildman–Crippen LogP) is 3.76. The third-order valence-electron chi connectivity index (χ3n) is 5.88. The number of rotatable bonds is 10. The van der Waals surface area contributed by atoms with E-state index >= 15 is 0 Å². The number of hydrogen-bond acceptors (Lipinski definition) is 8. The molecular formula is C27H26FN3O6S. The molecule has 0 spiro atoms. The van der Waals surface area contributed by atoms with E-state index in [2.05, 4.69) is 9.97 Å². The second-order valence-electron chi connectivity index (χ2n) is 8.27. The van der Waals surface area contributed by atoms with Gasteiger partial charge in [-0.2, -0.15) is 9.37 Å². The molecule has 0 radical (unpaired) electrons. The number of aromatic hydroxyl groups is 1. The van der Waals surface area contributed by atoms with Crippen molar-refractivity contribution in [2.45, 2.75) is 29.4 Å². The molecule has 11 heteroatoms. The highest BCUT2D eigenvalue weighted by molar-refractivity contribution is 7.91. The smallest absolute Gasteiger partial charge is 0.277 e. The van der Waals surface area contributed by atoms with Crippen LogP contribution in [-0.4, -0.2) is 48.4 Å². The SMILES string of the molecule is CCOCc1nc(O)c(S(=O)(=O)c2ccc(-c3ccc(F)nc3)cc2)c(=O)n1[C@@H](COC)c1ccccc1. The molecule has 2 heterocycles. The van der Waals surface area contributed by atoms with E-state index in [0.29, 0.717) is 23.3 Å². The van der Waals surface area contributed by atoms with Crippen LogP contribution in [0.3, 0.4) is 0 Å².